The topological polar surface area (TPSA) is 33.1 Å². The molecule has 0 bridgehead atoms. The molecule has 0 radical (unpaired) electrons. The van der Waals surface area contributed by atoms with Crippen LogP contribution in [-0.2, 0) is 6.54 Å². The highest BCUT2D eigenvalue weighted by Gasteiger charge is 2.21. The van der Waals surface area contributed by atoms with E-state index in [1.165, 1.54) is 25.9 Å². The van der Waals surface area contributed by atoms with Gasteiger partial charge in [0.05, 0.1) is 6.54 Å². The number of hydrogen-bond donors (Lipinski definition) is 1. The van der Waals surface area contributed by atoms with Crippen molar-refractivity contribution in [1.82, 2.24) is 20.0 Å². The lowest BCUT2D eigenvalue weighted by Crippen LogP contribution is -2.45. The van der Waals surface area contributed by atoms with Crippen LogP contribution in [0, 0.1) is 5.92 Å². The Morgan fingerprint density at radius 1 is 1.32 bits per heavy atom. The summed E-state index contributed by atoms with van der Waals surface area (Å²) in [6, 6.07) is 1.99. The fourth-order valence-electron chi connectivity index (χ4n) is 2.65. The van der Waals surface area contributed by atoms with Crippen LogP contribution in [0.25, 0.3) is 0 Å². The predicted octanol–water partition coefficient (Wildman–Crippen LogP) is 1.98. The summed E-state index contributed by atoms with van der Waals surface area (Å²) in [6.45, 7) is 12.5. The Balaban J connectivity index is 1.71. The standard InChI is InChI=1S/C15H28N4/c1-15(2,3)16-12-14-6-4-8-18(13-14)10-11-19-9-5-7-17-19/h5,7,9,14,16H,4,6,8,10-13H2,1-3H3. The van der Waals surface area contributed by atoms with Crippen LogP contribution >= 0.6 is 0 Å². The largest absolute Gasteiger partial charge is 0.312 e. The lowest BCUT2D eigenvalue weighted by Gasteiger charge is -2.34. The fourth-order valence-corrected chi connectivity index (χ4v) is 2.65. The van der Waals surface area contributed by atoms with Crippen LogP contribution in [0.2, 0.25) is 0 Å². The molecule has 4 nitrogen and oxygen atoms in total. The van der Waals surface area contributed by atoms with Gasteiger partial charge in [-0.3, -0.25) is 4.68 Å². The molecule has 1 unspecified atom stereocenters. The van der Waals surface area contributed by atoms with Crippen LogP contribution in [0.15, 0.2) is 18.5 Å². The summed E-state index contributed by atoms with van der Waals surface area (Å²) in [4.78, 5) is 2.58. The first-order chi connectivity index (χ1) is 9.03. The van der Waals surface area contributed by atoms with Crippen LogP contribution in [0.1, 0.15) is 33.6 Å². The third-order valence-electron chi connectivity index (χ3n) is 3.73. The molecule has 4 heteroatoms. The second-order valence-electron chi connectivity index (χ2n) is 6.71. The maximum Gasteiger partial charge on any atom is 0.0536 e. The number of rotatable bonds is 5. The van der Waals surface area contributed by atoms with E-state index in [0.29, 0.717) is 0 Å². The van der Waals surface area contributed by atoms with Crippen molar-refractivity contribution in [2.24, 2.45) is 5.92 Å². The lowest BCUT2D eigenvalue weighted by molar-refractivity contribution is 0.160. The van der Waals surface area contributed by atoms with Gasteiger partial charge < -0.3 is 10.2 Å². The van der Waals surface area contributed by atoms with Crippen LogP contribution in [0.4, 0.5) is 0 Å². The van der Waals surface area contributed by atoms with Crippen LogP contribution in [0.5, 0.6) is 0 Å². The summed E-state index contributed by atoms with van der Waals surface area (Å²) < 4.78 is 2.02. The van der Waals surface area contributed by atoms with E-state index in [1.807, 2.05) is 23.1 Å². The smallest absolute Gasteiger partial charge is 0.0536 e. The third-order valence-corrected chi connectivity index (χ3v) is 3.73. The number of piperidine rings is 1. The van der Waals surface area contributed by atoms with E-state index in [-0.39, 0.29) is 5.54 Å². The fraction of sp³-hybridized carbons (Fsp3) is 0.800. The summed E-state index contributed by atoms with van der Waals surface area (Å²) >= 11 is 0. The van der Waals surface area contributed by atoms with E-state index in [2.05, 4.69) is 36.1 Å². The molecule has 1 fully saturated rings. The minimum Gasteiger partial charge on any atom is -0.312 e. The Kier molecular flexibility index (Phi) is 4.99. The molecular formula is C15H28N4. The van der Waals surface area contributed by atoms with Gasteiger partial charge in [0, 0.05) is 31.0 Å². The molecule has 0 aromatic carbocycles. The van der Waals surface area contributed by atoms with Crippen molar-refractivity contribution in [1.29, 1.82) is 0 Å². The zero-order valence-corrected chi connectivity index (χ0v) is 12.6. The molecule has 1 aliphatic heterocycles. The third kappa shape index (κ3) is 5.33. The Hall–Kier alpha value is -0.870. The summed E-state index contributed by atoms with van der Waals surface area (Å²) in [5.74, 6) is 0.797. The van der Waals surface area contributed by atoms with Gasteiger partial charge in [-0.25, -0.2) is 0 Å². The van der Waals surface area contributed by atoms with Gasteiger partial charge in [-0.05, 0) is 58.7 Å². The van der Waals surface area contributed by atoms with Gasteiger partial charge in [0.25, 0.3) is 0 Å². The van der Waals surface area contributed by atoms with E-state index >= 15 is 0 Å². The summed E-state index contributed by atoms with van der Waals surface area (Å²) in [6.07, 6.45) is 6.59. The first kappa shape index (κ1) is 14.5. The van der Waals surface area contributed by atoms with Crippen molar-refractivity contribution < 1.29 is 0 Å². The van der Waals surface area contributed by atoms with E-state index in [4.69, 9.17) is 0 Å². The van der Waals surface area contributed by atoms with Gasteiger partial charge in [-0.1, -0.05) is 0 Å². The van der Waals surface area contributed by atoms with Gasteiger partial charge in [0.15, 0.2) is 0 Å². The van der Waals surface area contributed by atoms with E-state index < -0.39 is 0 Å². The van der Waals surface area contributed by atoms with E-state index in [9.17, 15) is 0 Å². The molecule has 19 heavy (non-hydrogen) atoms. The quantitative estimate of drug-likeness (QED) is 0.883. The van der Waals surface area contributed by atoms with Crippen molar-refractivity contribution in [3.63, 3.8) is 0 Å². The SMILES string of the molecule is CC(C)(C)NCC1CCCN(CCn2cccn2)C1. The minimum atomic E-state index is 0.233. The highest BCUT2D eigenvalue weighted by atomic mass is 15.3. The maximum absolute atomic E-state index is 4.27. The predicted molar refractivity (Wildman–Crippen MR) is 79.1 cm³/mol. The molecule has 1 saturated heterocycles. The van der Waals surface area contributed by atoms with E-state index in [1.54, 1.807) is 0 Å². The average Bonchev–Trinajstić information content (AvgIpc) is 2.87. The number of hydrogen-bond acceptors (Lipinski definition) is 3. The van der Waals surface area contributed by atoms with Crippen molar-refractivity contribution in [3.05, 3.63) is 18.5 Å². The van der Waals surface area contributed by atoms with E-state index in [0.717, 1.165) is 25.6 Å². The number of nitrogens with one attached hydrogen (secondary N) is 1. The molecule has 0 amide bonds. The van der Waals surface area contributed by atoms with Gasteiger partial charge in [0.2, 0.25) is 0 Å². The summed E-state index contributed by atoms with van der Waals surface area (Å²) in [5, 5.41) is 7.90. The van der Waals surface area contributed by atoms with Gasteiger partial charge in [-0.15, -0.1) is 0 Å². The van der Waals surface area contributed by atoms with Crippen LogP contribution in [0.3, 0.4) is 0 Å². The molecule has 1 aliphatic rings. The monoisotopic (exact) mass is 264 g/mol. The zero-order valence-electron chi connectivity index (χ0n) is 12.6. The van der Waals surface area contributed by atoms with Crippen molar-refractivity contribution in [2.75, 3.05) is 26.2 Å². The van der Waals surface area contributed by atoms with Crippen molar-refractivity contribution >= 4 is 0 Å². The normalized spacial score (nSPS) is 21.7. The average molecular weight is 264 g/mol. The Morgan fingerprint density at radius 3 is 2.84 bits per heavy atom. The molecule has 1 atom stereocenters. The molecule has 108 valence electrons. The lowest BCUT2D eigenvalue weighted by atomic mass is 9.96. The molecular weight excluding hydrogens is 236 g/mol. The van der Waals surface area contributed by atoms with Crippen LogP contribution in [-0.4, -0.2) is 46.4 Å². The van der Waals surface area contributed by atoms with Crippen molar-refractivity contribution in [2.45, 2.75) is 45.7 Å². The zero-order chi connectivity index (χ0) is 13.7. The first-order valence-corrected chi connectivity index (χ1v) is 7.48. The summed E-state index contributed by atoms with van der Waals surface area (Å²) in [5.41, 5.74) is 0.233. The molecule has 2 heterocycles. The maximum atomic E-state index is 4.27. The Labute approximate surface area is 117 Å². The highest BCUT2D eigenvalue weighted by molar-refractivity contribution is 4.80. The Morgan fingerprint density at radius 2 is 2.16 bits per heavy atom. The van der Waals surface area contributed by atoms with Gasteiger partial charge >= 0.3 is 0 Å². The minimum absolute atomic E-state index is 0.233. The number of nitrogens with zero attached hydrogens (tertiary/aromatic N) is 3. The molecule has 1 N–H and O–H groups in total. The van der Waals surface area contributed by atoms with Gasteiger partial charge in [0.1, 0.15) is 0 Å². The molecule has 1 aromatic rings. The Bertz CT molecular complexity index is 353. The second-order valence-corrected chi connectivity index (χ2v) is 6.71. The molecule has 1 aromatic heterocycles. The molecule has 0 spiro atoms. The van der Waals surface area contributed by atoms with Crippen molar-refractivity contribution in [3.8, 4) is 0 Å². The number of aromatic nitrogens is 2. The molecule has 2 rings (SSSR count). The second kappa shape index (κ2) is 6.53. The molecule has 0 saturated carbocycles. The first-order valence-electron chi connectivity index (χ1n) is 7.48. The van der Waals surface area contributed by atoms with Gasteiger partial charge in [-0.2, -0.15) is 5.10 Å². The summed E-state index contributed by atoms with van der Waals surface area (Å²) in [7, 11) is 0. The molecule has 0 aliphatic carbocycles. The van der Waals surface area contributed by atoms with Crippen LogP contribution < -0.4 is 5.32 Å². The highest BCUT2D eigenvalue weighted by Crippen LogP contribution is 2.16. The number of likely N-dealkylation sites (tertiary alicyclic amines) is 1.